The third-order valence-corrected chi connectivity index (χ3v) is 3.08. The van der Waals surface area contributed by atoms with E-state index in [1.807, 2.05) is 0 Å². The van der Waals surface area contributed by atoms with Crippen molar-refractivity contribution in [2.24, 2.45) is 5.92 Å². The largest absolute Gasteiger partial charge is 0.586 e. The molecule has 0 aromatic heterocycles. The number of benzene rings is 1. The lowest BCUT2D eigenvalue weighted by atomic mass is 9.98. The van der Waals surface area contributed by atoms with Crippen LogP contribution in [0.2, 0.25) is 0 Å². The average molecular weight is 344 g/mol. The normalized spacial score (nSPS) is 16.4. The van der Waals surface area contributed by atoms with Crippen molar-refractivity contribution < 1.29 is 37.3 Å². The highest BCUT2D eigenvalue weighted by atomic mass is 19.3. The van der Waals surface area contributed by atoms with Crippen LogP contribution < -0.4 is 9.47 Å². The Morgan fingerprint density at radius 1 is 1.17 bits per heavy atom. The van der Waals surface area contributed by atoms with Crippen LogP contribution in [0.5, 0.6) is 11.5 Å². The van der Waals surface area contributed by atoms with Gasteiger partial charge in [0.15, 0.2) is 17.4 Å². The minimum atomic E-state index is -3.73. The number of carbonyl (C=O) groups is 2. The van der Waals surface area contributed by atoms with Crippen molar-refractivity contribution in [3.05, 3.63) is 23.8 Å². The van der Waals surface area contributed by atoms with Crippen LogP contribution in [-0.4, -0.2) is 30.9 Å². The third-order valence-electron chi connectivity index (χ3n) is 3.08. The lowest BCUT2D eigenvalue weighted by molar-refractivity contribution is -0.286. The molecule has 24 heavy (non-hydrogen) atoms. The second-order valence-electron chi connectivity index (χ2n) is 6.26. The molecule has 0 aliphatic carbocycles. The molecule has 8 heteroatoms. The van der Waals surface area contributed by atoms with E-state index in [1.54, 1.807) is 20.8 Å². The Bertz CT molecular complexity index is 650. The maximum Gasteiger partial charge on any atom is 0.586 e. The minimum absolute atomic E-state index is 0.0796. The molecule has 1 atom stereocenters. The van der Waals surface area contributed by atoms with E-state index in [0.29, 0.717) is 5.56 Å². The van der Waals surface area contributed by atoms with E-state index in [1.165, 1.54) is 18.2 Å². The molecule has 0 fully saturated rings. The monoisotopic (exact) mass is 344 g/mol. The fourth-order valence-electron chi connectivity index (χ4n) is 2.13. The third kappa shape index (κ3) is 4.33. The Labute approximate surface area is 137 Å². The van der Waals surface area contributed by atoms with Gasteiger partial charge in [0.05, 0.1) is 7.11 Å². The molecule has 1 aliphatic heterocycles. The molecular weight excluding hydrogens is 326 g/mol. The summed E-state index contributed by atoms with van der Waals surface area (Å²) in [5.74, 6) is -3.01. The zero-order valence-corrected chi connectivity index (χ0v) is 13.7. The van der Waals surface area contributed by atoms with Crippen LogP contribution in [0.25, 0.3) is 0 Å². The van der Waals surface area contributed by atoms with E-state index in [4.69, 9.17) is 4.74 Å². The number of methoxy groups -OCH3 is 1. The molecular formula is C16H18F2O6. The Morgan fingerprint density at radius 3 is 2.38 bits per heavy atom. The van der Waals surface area contributed by atoms with Gasteiger partial charge in [0.2, 0.25) is 0 Å². The maximum atomic E-state index is 13.0. The highest BCUT2D eigenvalue weighted by Crippen LogP contribution is 2.41. The zero-order valence-electron chi connectivity index (χ0n) is 13.7. The van der Waals surface area contributed by atoms with Crippen LogP contribution in [0, 0.1) is 5.92 Å². The summed E-state index contributed by atoms with van der Waals surface area (Å²) in [6.45, 7) is 5.01. The van der Waals surface area contributed by atoms with Crippen LogP contribution in [0.4, 0.5) is 8.78 Å². The van der Waals surface area contributed by atoms with Crippen molar-refractivity contribution in [3.8, 4) is 11.5 Å². The summed E-state index contributed by atoms with van der Waals surface area (Å²) in [4.78, 5) is 24.1. The predicted molar refractivity (Wildman–Crippen MR) is 77.7 cm³/mol. The van der Waals surface area contributed by atoms with Gasteiger partial charge in [0, 0.05) is 0 Å². The molecule has 0 saturated heterocycles. The van der Waals surface area contributed by atoms with E-state index >= 15 is 0 Å². The molecule has 1 aromatic rings. The van der Waals surface area contributed by atoms with E-state index < -0.39 is 29.8 Å². The van der Waals surface area contributed by atoms with Crippen molar-refractivity contribution in [3.63, 3.8) is 0 Å². The molecule has 1 aromatic carbocycles. The second-order valence-corrected chi connectivity index (χ2v) is 6.26. The second kappa shape index (κ2) is 6.26. The Balaban J connectivity index is 2.19. The molecule has 6 nitrogen and oxygen atoms in total. The van der Waals surface area contributed by atoms with Gasteiger partial charge in [-0.05, 0) is 44.9 Å². The van der Waals surface area contributed by atoms with E-state index in [0.717, 1.165) is 7.11 Å². The van der Waals surface area contributed by atoms with Crippen LogP contribution in [0.3, 0.4) is 0 Å². The Morgan fingerprint density at radius 2 is 1.79 bits per heavy atom. The first-order valence-corrected chi connectivity index (χ1v) is 7.20. The van der Waals surface area contributed by atoms with Crippen LogP contribution >= 0.6 is 0 Å². The van der Waals surface area contributed by atoms with Gasteiger partial charge in [-0.25, -0.2) is 0 Å². The number of alkyl halides is 2. The summed E-state index contributed by atoms with van der Waals surface area (Å²) < 4.78 is 44.6. The van der Waals surface area contributed by atoms with Crippen LogP contribution in [0.15, 0.2) is 18.2 Å². The topological polar surface area (TPSA) is 71.1 Å². The Hall–Kier alpha value is -2.38. The molecule has 0 spiro atoms. The van der Waals surface area contributed by atoms with Gasteiger partial charge in [0.25, 0.3) is 0 Å². The van der Waals surface area contributed by atoms with Crippen molar-refractivity contribution in [1.29, 1.82) is 0 Å². The average Bonchev–Trinajstić information content (AvgIpc) is 2.74. The minimum Gasteiger partial charge on any atom is -0.468 e. The quantitative estimate of drug-likeness (QED) is 0.618. The molecule has 0 saturated carbocycles. The maximum absolute atomic E-state index is 13.0. The molecule has 0 amide bonds. The fraction of sp³-hybridized carbons (Fsp3) is 0.500. The van der Waals surface area contributed by atoms with Gasteiger partial charge in [-0.2, -0.15) is 0 Å². The lowest BCUT2D eigenvalue weighted by Gasteiger charge is -2.23. The summed E-state index contributed by atoms with van der Waals surface area (Å²) in [6.07, 6.45) is -3.81. The number of carbonyl (C=O) groups excluding carboxylic acids is 2. The zero-order chi connectivity index (χ0) is 18.1. The van der Waals surface area contributed by atoms with E-state index in [9.17, 15) is 18.4 Å². The fourth-order valence-corrected chi connectivity index (χ4v) is 2.13. The molecule has 0 N–H and O–H groups in total. The molecule has 0 unspecified atom stereocenters. The van der Waals surface area contributed by atoms with Gasteiger partial charge in [-0.1, -0.05) is 6.07 Å². The number of fused-ring (bicyclic) bond motifs is 1. The number of hydrogen-bond donors (Lipinski definition) is 0. The molecule has 1 heterocycles. The summed E-state index contributed by atoms with van der Waals surface area (Å²) in [7, 11) is 1.15. The summed E-state index contributed by atoms with van der Waals surface area (Å²) in [5.41, 5.74) is -0.350. The van der Waals surface area contributed by atoms with Gasteiger partial charge in [-0.15, -0.1) is 8.78 Å². The number of hydrogen-bond acceptors (Lipinski definition) is 6. The first-order chi connectivity index (χ1) is 11.0. The number of rotatable bonds is 4. The van der Waals surface area contributed by atoms with Crippen molar-refractivity contribution in [2.75, 3.05) is 7.11 Å². The first kappa shape index (κ1) is 18.0. The van der Waals surface area contributed by atoms with Gasteiger partial charge in [-0.3, -0.25) is 9.59 Å². The standard InChI is InChI=1S/C16H18F2O6/c1-15(2,3)24-14(20)10(13(19)21-4)7-9-5-6-11-12(8-9)23-16(17,18)22-11/h5-6,8,10H,7H2,1-4H3/t10-/m0/s1. The Kier molecular flexibility index (Phi) is 4.68. The SMILES string of the molecule is COC(=O)[C@H](Cc1ccc2c(c1)OC(F)(F)O2)C(=O)OC(C)(C)C. The van der Waals surface area contributed by atoms with Gasteiger partial charge >= 0.3 is 18.2 Å². The van der Waals surface area contributed by atoms with E-state index in [2.05, 4.69) is 14.2 Å². The molecule has 0 bridgehead atoms. The number of esters is 2. The van der Waals surface area contributed by atoms with E-state index in [-0.39, 0.29) is 17.9 Å². The summed E-state index contributed by atoms with van der Waals surface area (Å²) in [6, 6.07) is 4.04. The van der Waals surface area contributed by atoms with Gasteiger partial charge in [0.1, 0.15) is 5.60 Å². The summed E-state index contributed by atoms with van der Waals surface area (Å²) >= 11 is 0. The molecule has 1 aliphatic rings. The molecule has 0 radical (unpaired) electrons. The highest BCUT2D eigenvalue weighted by Gasteiger charge is 2.43. The number of halogens is 2. The predicted octanol–water partition coefficient (Wildman–Crippen LogP) is 2.68. The first-order valence-electron chi connectivity index (χ1n) is 7.20. The van der Waals surface area contributed by atoms with Crippen molar-refractivity contribution >= 4 is 11.9 Å². The van der Waals surface area contributed by atoms with Crippen LogP contribution in [0.1, 0.15) is 26.3 Å². The molecule has 2 rings (SSSR count). The van der Waals surface area contributed by atoms with Gasteiger partial charge < -0.3 is 18.9 Å². The summed E-state index contributed by atoms with van der Waals surface area (Å²) in [5, 5.41) is 0. The lowest BCUT2D eigenvalue weighted by Crippen LogP contribution is -2.34. The van der Waals surface area contributed by atoms with Crippen LogP contribution in [-0.2, 0) is 25.5 Å². The van der Waals surface area contributed by atoms with Crippen molar-refractivity contribution in [1.82, 2.24) is 0 Å². The molecule has 132 valence electrons. The highest BCUT2D eigenvalue weighted by molar-refractivity contribution is 5.95. The van der Waals surface area contributed by atoms with Crippen molar-refractivity contribution in [2.45, 2.75) is 39.1 Å². The smallest absolute Gasteiger partial charge is 0.468 e. The number of ether oxygens (including phenoxy) is 4.